The average molecular weight is 328 g/mol. The highest BCUT2D eigenvalue weighted by Gasteiger charge is 2.36. The van der Waals surface area contributed by atoms with Crippen molar-refractivity contribution in [2.75, 3.05) is 5.32 Å². The molecule has 1 unspecified atom stereocenters. The first-order valence-corrected chi connectivity index (χ1v) is 7.73. The number of carbonyl (C=O) groups excluding carboxylic acids is 2. The number of halogens is 1. The van der Waals surface area contributed by atoms with E-state index < -0.39 is 11.3 Å². The van der Waals surface area contributed by atoms with Crippen molar-refractivity contribution in [3.8, 4) is 0 Å². The van der Waals surface area contributed by atoms with E-state index in [9.17, 15) is 14.0 Å². The summed E-state index contributed by atoms with van der Waals surface area (Å²) in [6, 6.07) is 14.7. The molecular formula is C19H21FN2O2. The van der Waals surface area contributed by atoms with E-state index in [0.29, 0.717) is 5.69 Å². The van der Waals surface area contributed by atoms with Crippen molar-refractivity contribution >= 4 is 17.5 Å². The van der Waals surface area contributed by atoms with Crippen LogP contribution < -0.4 is 10.6 Å². The van der Waals surface area contributed by atoms with Crippen molar-refractivity contribution in [3.05, 3.63) is 66.0 Å². The fourth-order valence-electron chi connectivity index (χ4n) is 2.13. The van der Waals surface area contributed by atoms with Gasteiger partial charge in [-0.05, 0) is 50.6 Å². The lowest BCUT2D eigenvalue weighted by molar-refractivity contribution is -0.138. The second-order valence-electron chi connectivity index (χ2n) is 6.19. The van der Waals surface area contributed by atoms with Crippen molar-refractivity contribution in [3.63, 3.8) is 0 Å². The second-order valence-corrected chi connectivity index (χ2v) is 6.19. The lowest BCUT2D eigenvalue weighted by Crippen LogP contribution is -2.45. The maximum atomic E-state index is 12.9. The molecule has 0 saturated carbocycles. The van der Waals surface area contributed by atoms with Crippen molar-refractivity contribution in [2.45, 2.75) is 26.8 Å². The lowest BCUT2D eigenvalue weighted by atomic mass is 9.90. The molecule has 0 saturated heterocycles. The van der Waals surface area contributed by atoms with E-state index in [1.165, 1.54) is 24.3 Å². The molecule has 2 rings (SSSR count). The third-order valence-corrected chi connectivity index (χ3v) is 3.88. The third-order valence-electron chi connectivity index (χ3n) is 3.88. The van der Waals surface area contributed by atoms with Crippen LogP contribution in [0.5, 0.6) is 0 Å². The van der Waals surface area contributed by atoms with Crippen LogP contribution in [0.1, 0.15) is 32.4 Å². The van der Waals surface area contributed by atoms with Gasteiger partial charge < -0.3 is 10.6 Å². The molecular weight excluding hydrogens is 307 g/mol. The maximum Gasteiger partial charge on any atom is 0.239 e. The summed E-state index contributed by atoms with van der Waals surface area (Å²) in [6.45, 7) is 4.97. The number of amides is 2. The summed E-state index contributed by atoms with van der Waals surface area (Å²) < 4.78 is 12.9. The van der Waals surface area contributed by atoms with Crippen molar-refractivity contribution < 1.29 is 14.0 Å². The topological polar surface area (TPSA) is 58.2 Å². The first-order valence-electron chi connectivity index (χ1n) is 7.73. The van der Waals surface area contributed by atoms with E-state index in [1.807, 2.05) is 37.3 Å². The van der Waals surface area contributed by atoms with Gasteiger partial charge in [0.2, 0.25) is 11.8 Å². The number of hydrogen-bond donors (Lipinski definition) is 2. The fraction of sp³-hybridized carbons (Fsp3) is 0.263. The van der Waals surface area contributed by atoms with Crippen LogP contribution in [-0.4, -0.2) is 11.8 Å². The van der Waals surface area contributed by atoms with Gasteiger partial charge in [-0.3, -0.25) is 9.59 Å². The van der Waals surface area contributed by atoms with Crippen LogP contribution in [0, 0.1) is 11.2 Å². The van der Waals surface area contributed by atoms with Gasteiger partial charge in [-0.2, -0.15) is 0 Å². The number of nitrogens with one attached hydrogen (secondary N) is 2. The van der Waals surface area contributed by atoms with Crippen LogP contribution in [0.2, 0.25) is 0 Å². The molecule has 0 aromatic heterocycles. The predicted molar refractivity (Wildman–Crippen MR) is 91.8 cm³/mol. The largest absolute Gasteiger partial charge is 0.349 e. The molecule has 0 bridgehead atoms. The maximum absolute atomic E-state index is 12.9. The Balaban J connectivity index is 2.03. The molecule has 2 N–H and O–H groups in total. The summed E-state index contributed by atoms with van der Waals surface area (Å²) in [5, 5.41) is 5.49. The predicted octanol–water partition coefficient (Wildman–Crippen LogP) is 3.67. The molecule has 0 heterocycles. The highest BCUT2D eigenvalue weighted by molar-refractivity contribution is 6.09. The molecule has 1 atom stereocenters. The van der Waals surface area contributed by atoms with Crippen LogP contribution in [0.4, 0.5) is 10.1 Å². The molecule has 4 nitrogen and oxygen atoms in total. The van der Waals surface area contributed by atoms with Crippen LogP contribution in [0.3, 0.4) is 0 Å². The zero-order valence-corrected chi connectivity index (χ0v) is 14.0. The molecule has 0 aliphatic heterocycles. The zero-order chi connectivity index (χ0) is 17.7. The van der Waals surface area contributed by atoms with E-state index in [0.717, 1.165) is 5.56 Å². The number of hydrogen-bond acceptors (Lipinski definition) is 2. The first-order chi connectivity index (χ1) is 11.3. The van der Waals surface area contributed by atoms with E-state index >= 15 is 0 Å². The summed E-state index contributed by atoms with van der Waals surface area (Å²) in [7, 11) is 0. The fourth-order valence-corrected chi connectivity index (χ4v) is 2.13. The first kappa shape index (κ1) is 17.7. The molecule has 2 aromatic rings. The summed E-state index contributed by atoms with van der Waals surface area (Å²) in [4.78, 5) is 24.9. The monoisotopic (exact) mass is 328 g/mol. The average Bonchev–Trinajstić information content (AvgIpc) is 2.57. The summed E-state index contributed by atoms with van der Waals surface area (Å²) in [6.07, 6.45) is 0. The van der Waals surface area contributed by atoms with Crippen LogP contribution in [0.15, 0.2) is 54.6 Å². The highest BCUT2D eigenvalue weighted by atomic mass is 19.1. The standard InChI is InChI=1S/C19H21FN2O2/c1-13(14-7-5-4-6-8-14)21-17(23)19(2,3)18(24)22-16-11-9-15(20)10-12-16/h4-13H,1-3H3,(H,21,23)(H,22,24). The van der Waals surface area contributed by atoms with Gasteiger partial charge in [0.15, 0.2) is 0 Å². The van der Waals surface area contributed by atoms with Gasteiger partial charge in [-0.25, -0.2) is 4.39 Å². The highest BCUT2D eigenvalue weighted by Crippen LogP contribution is 2.21. The summed E-state index contributed by atoms with van der Waals surface area (Å²) >= 11 is 0. The van der Waals surface area contributed by atoms with E-state index in [-0.39, 0.29) is 17.8 Å². The summed E-state index contributed by atoms with van der Waals surface area (Å²) in [5.74, 6) is -1.22. The van der Waals surface area contributed by atoms with Crippen LogP contribution in [-0.2, 0) is 9.59 Å². The van der Waals surface area contributed by atoms with Gasteiger partial charge in [0.25, 0.3) is 0 Å². The molecule has 5 heteroatoms. The van der Waals surface area contributed by atoms with Crippen molar-refractivity contribution in [1.29, 1.82) is 0 Å². The zero-order valence-electron chi connectivity index (χ0n) is 14.0. The number of carbonyl (C=O) groups is 2. The van der Waals surface area contributed by atoms with Crippen LogP contribution in [0.25, 0.3) is 0 Å². The van der Waals surface area contributed by atoms with Gasteiger partial charge >= 0.3 is 0 Å². The molecule has 0 fully saturated rings. The van der Waals surface area contributed by atoms with Crippen LogP contribution >= 0.6 is 0 Å². The summed E-state index contributed by atoms with van der Waals surface area (Å²) in [5.41, 5.74) is 0.135. The third kappa shape index (κ3) is 4.19. The van der Waals surface area contributed by atoms with Gasteiger partial charge in [0.1, 0.15) is 11.2 Å². The van der Waals surface area contributed by atoms with Gasteiger partial charge in [-0.1, -0.05) is 30.3 Å². The molecule has 0 aliphatic carbocycles. The Labute approximate surface area is 141 Å². The Kier molecular flexibility index (Phi) is 5.34. The molecule has 0 radical (unpaired) electrons. The Hall–Kier alpha value is -2.69. The second kappa shape index (κ2) is 7.25. The number of rotatable bonds is 5. The smallest absolute Gasteiger partial charge is 0.239 e. The molecule has 2 aromatic carbocycles. The van der Waals surface area contributed by atoms with E-state index in [1.54, 1.807) is 13.8 Å². The minimum absolute atomic E-state index is 0.211. The van der Waals surface area contributed by atoms with Gasteiger partial charge in [0, 0.05) is 5.69 Å². The minimum atomic E-state index is -1.27. The van der Waals surface area contributed by atoms with E-state index in [2.05, 4.69) is 10.6 Å². The minimum Gasteiger partial charge on any atom is -0.349 e. The molecule has 0 aliphatic rings. The number of anilines is 1. The Morgan fingerprint density at radius 1 is 0.958 bits per heavy atom. The molecule has 126 valence electrons. The van der Waals surface area contributed by atoms with Crippen molar-refractivity contribution in [1.82, 2.24) is 5.32 Å². The number of benzene rings is 2. The van der Waals surface area contributed by atoms with Gasteiger partial charge in [-0.15, -0.1) is 0 Å². The quantitative estimate of drug-likeness (QED) is 0.823. The van der Waals surface area contributed by atoms with E-state index in [4.69, 9.17) is 0 Å². The van der Waals surface area contributed by atoms with Crippen molar-refractivity contribution in [2.24, 2.45) is 5.41 Å². The SMILES string of the molecule is CC(NC(=O)C(C)(C)C(=O)Nc1ccc(F)cc1)c1ccccc1. The Morgan fingerprint density at radius 2 is 1.54 bits per heavy atom. The molecule has 0 spiro atoms. The molecule has 24 heavy (non-hydrogen) atoms. The normalized spacial score (nSPS) is 12.3. The van der Waals surface area contributed by atoms with Gasteiger partial charge in [0.05, 0.1) is 6.04 Å². The molecule has 2 amide bonds. The Bertz CT molecular complexity index is 712. The Morgan fingerprint density at radius 3 is 2.12 bits per heavy atom. The lowest BCUT2D eigenvalue weighted by Gasteiger charge is -2.25.